The Morgan fingerprint density at radius 2 is 2.20 bits per heavy atom. The molecule has 2 nitrogen and oxygen atoms in total. The van der Waals surface area contributed by atoms with Gasteiger partial charge >= 0.3 is 0 Å². The smallest absolute Gasteiger partial charge is 0.0523 e. The van der Waals surface area contributed by atoms with E-state index < -0.39 is 0 Å². The molecule has 0 fully saturated rings. The predicted molar refractivity (Wildman–Crippen MR) is 42.9 cm³/mol. The van der Waals surface area contributed by atoms with Crippen molar-refractivity contribution < 1.29 is 0 Å². The van der Waals surface area contributed by atoms with Crippen LogP contribution in [0, 0.1) is 5.53 Å². The summed E-state index contributed by atoms with van der Waals surface area (Å²) in [4.78, 5) is 0. The second-order valence-electron chi connectivity index (χ2n) is 1.97. The molecule has 54 valence electrons. The minimum Gasteiger partial charge on any atom is -0.205 e. The van der Waals surface area contributed by atoms with Crippen molar-refractivity contribution in [1.29, 1.82) is 5.53 Å². The Bertz CT molecular complexity index is 187. The van der Waals surface area contributed by atoms with Crippen LogP contribution >= 0.6 is 0 Å². The molecule has 0 atom stereocenters. The lowest BCUT2D eigenvalue weighted by Crippen LogP contribution is -1.75. The van der Waals surface area contributed by atoms with E-state index in [-0.39, 0.29) is 0 Å². The van der Waals surface area contributed by atoms with Gasteiger partial charge in [-0.15, -0.1) is 0 Å². The number of nitrogens with zero attached hydrogens (tertiary/aromatic N) is 1. The zero-order valence-electron chi connectivity index (χ0n) is 6.39. The fourth-order valence-electron chi connectivity index (χ4n) is 0.512. The van der Waals surface area contributed by atoms with Gasteiger partial charge in [-0.25, -0.2) is 5.53 Å². The first-order chi connectivity index (χ1) is 4.72. The number of rotatable bonds is 3. The molecule has 0 spiro atoms. The fourth-order valence-corrected chi connectivity index (χ4v) is 0.512. The first-order valence-corrected chi connectivity index (χ1v) is 3.07. The predicted octanol–water partition coefficient (Wildman–Crippen LogP) is 3.05. The maximum Gasteiger partial charge on any atom is 0.0523 e. The van der Waals surface area contributed by atoms with Gasteiger partial charge in [-0.05, 0) is 25.0 Å². The molecule has 0 saturated heterocycles. The average molecular weight is 136 g/mol. The molecule has 0 aromatic carbocycles. The lowest BCUT2D eigenvalue weighted by atomic mass is 10.1. The average Bonchev–Trinajstić information content (AvgIpc) is 1.89. The highest BCUT2D eigenvalue weighted by Gasteiger charge is 1.88. The molecule has 2 heteroatoms. The highest BCUT2D eigenvalue weighted by molar-refractivity contribution is 5.34. The summed E-state index contributed by atoms with van der Waals surface area (Å²) >= 11 is 0. The third-order valence-corrected chi connectivity index (χ3v) is 1.13. The quantitative estimate of drug-likeness (QED) is 0.457. The first-order valence-electron chi connectivity index (χ1n) is 3.07. The molecule has 0 unspecified atom stereocenters. The molecule has 0 rings (SSSR count). The van der Waals surface area contributed by atoms with Crippen molar-refractivity contribution in [2.75, 3.05) is 0 Å². The number of allylic oxidation sites excluding steroid dienone is 4. The van der Waals surface area contributed by atoms with E-state index in [0.717, 1.165) is 11.1 Å². The van der Waals surface area contributed by atoms with Crippen molar-refractivity contribution in [2.45, 2.75) is 13.8 Å². The molecule has 0 heterocycles. The van der Waals surface area contributed by atoms with Crippen molar-refractivity contribution in [3.05, 3.63) is 36.1 Å². The molecule has 0 aromatic heterocycles. The molecular formula is C8H12N2. The van der Waals surface area contributed by atoms with Crippen LogP contribution in [0.1, 0.15) is 13.8 Å². The molecule has 0 aromatic rings. The molecule has 1 N–H and O–H groups in total. The summed E-state index contributed by atoms with van der Waals surface area (Å²) in [6.45, 7) is 7.57. The number of hydrogen-bond acceptors (Lipinski definition) is 2. The molecular weight excluding hydrogens is 124 g/mol. The van der Waals surface area contributed by atoms with Crippen LogP contribution in [0.15, 0.2) is 41.2 Å². The Morgan fingerprint density at radius 3 is 2.60 bits per heavy atom. The van der Waals surface area contributed by atoms with Crippen molar-refractivity contribution in [3.63, 3.8) is 0 Å². The molecule has 0 aliphatic heterocycles. The summed E-state index contributed by atoms with van der Waals surface area (Å²) in [7, 11) is 0. The van der Waals surface area contributed by atoms with Gasteiger partial charge in [-0.2, -0.15) is 5.11 Å². The van der Waals surface area contributed by atoms with Gasteiger partial charge in [0, 0.05) is 0 Å². The van der Waals surface area contributed by atoms with Crippen LogP contribution in [-0.4, -0.2) is 0 Å². The molecule has 0 aliphatic rings. The van der Waals surface area contributed by atoms with Gasteiger partial charge < -0.3 is 0 Å². The lowest BCUT2D eigenvalue weighted by molar-refractivity contribution is 1.12. The van der Waals surface area contributed by atoms with E-state index in [1.54, 1.807) is 0 Å². The molecule has 0 bridgehead atoms. The van der Waals surface area contributed by atoms with E-state index in [0.29, 0.717) is 0 Å². The van der Waals surface area contributed by atoms with Crippen molar-refractivity contribution in [3.8, 4) is 0 Å². The first kappa shape index (κ1) is 8.82. The minimum absolute atomic E-state index is 0.901. The third-order valence-electron chi connectivity index (χ3n) is 1.13. The molecule has 0 saturated carbocycles. The van der Waals surface area contributed by atoms with Crippen LogP contribution in [0.4, 0.5) is 0 Å². The monoisotopic (exact) mass is 136 g/mol. The zero-order chi connectivity index (χ0) is 7.98. The van der Waals surface area contributed by atoms with Crippen molar-refractivity contribution >= 4 is 0 Å². The normalized spacial score (nSPS) is 12.0. The molecule has 0 amide bonds. The molecule has 10 heavy (non-hydrogen) atoms. The Balaban J connectivity index is 4.21. The van der Waals surface area contributed by atoms with Crippen LogP contribution < -0.4 is 0 Å². The van der Waals surface area contributed by atoms with Crippen LogP contribution in [0.25, 0.3) is 0 Å². The van der Waals surface area contributed by atoms with Crippen LogP contribution in [0.2, 0.25) is 0 Å². The van der Waals surface area contributed by atoms with Crippen molar-refractivity contribution in [2.24, 2.45) is 5.11 Å². The standard InChI is InChI=1S/C8H12N2/c1-4-5-7(2)8(3)6-10-9/h4-6,9H,2H2,1,3H3. The summed E-state index contributed by atoms with van der Waals surface area (Å²) in [5, 5.41) is 3.13. The fraction of sp³-hybridized carbons (Fsp3) is 0.250. The van der Waals surface area contributed by atoms with Gasteiger partial charge in [0.25, 0.3) is 0 Å². The van der Waals surface area contributed by atoms with Crippen LogP contribution in [-0.2, 0) is 0 Å². The third kappa shape index (κ3) is 2.97. The van der Waals surface area contributed by atoms with E-state index in [4.69, 9.17) is 5.53 Å². The zero-order valence-corrected chi connectivity index (χ0v) is 6.39. The van der Waals surface area contributed by atoms with E-state index in [9.17, 15) is 0 Å². The van der Waals surface area contributed by atoms with Crippen molar-refractivity contribution in [1.82, 2.24) is 0 Å². The Hall–Kier alpha value is -1.18. The van der Waals surface area contributed by atoms with Gasteiger partial charge in [-0.1, -0.05) is 18.7 Å². The second kappa shape index (κ2) is 4.68. The van der Waals surface area contributed by atoms with E-state index in [1.165, 1.54) is 6.20 Å². The van der Waals surface area contributed by atoms with Crippen LogP contribution in [0.3, 0.4) is 0 Å². The highest BCUT2D eigenvalue weighted by atomic mass is 14.9. The van der Waals surface area contributed by atoms with Gasteiger partial charge in [0.2, 0.25) is 0 Å². The van der Waals surface area contributed by atoms with Gasteiger partial charge in [-0.3, -0.25) is 0 Å². The highest BCUT2D eigenvalue weighted by Crippen LogP contribution is 2.07. The Kier molecular flexibility index (Phi) is 4.12. The van der Waals surface area contributed by atoms with Gasteiger partial charge in [0.05, 0.1) is 6.20 Å². The summed E-state index contributed by atoms with van der Waals surface area (Å²) in [6.07, 6.45) is 5.27. The Labute approximate surface area is 61.5 Å². The van der Waals surface area contributed by atoms with Crippen LogP contribution in [0.5, 0.6) is 0 Å². The summed E-state index contributed by atoms with van der Waals surface area (Å²) in [5.74, 6) is 0. The topological polar surface area (TPSA) is 36.2 Å². The SMILES string of the molecule is C=C(C=CC)C(C)=CN=N. The molecule has 0 aliphatic carbocycles. The number of hydrogen-bond donors (Lipinski definition) is 1. The Morgan fingerprint density at radius 1 is 1.60 bits per heavy atom. The minimum atomic E-state index is 0.901. The molecule has 0 radical (unpaired) electrons. The second-order valence-corrected chi connectivity index (χ2v) is 1.97. The van der Waals surface area contributed by atoms with Gasteiger partial charge in [0.1, 0.15) is 0 Å². The van der Waals surface area contributed by atoms with Gasteiger partial charge in [0.15, 0.2) is 0 Å². The maximum atomic E-state index is 6.54. The number of nitrogens with one attached hydrogen (secondary N) is 1. The van der Waals surface area contributed by atoms with E-state index in [2.05, 4.69) is 11.7 Å². The largest absolute Gasteiger partial charge is 0.205 e. The lowest BCUT2D eigenvalue weighted by Gasteiger charge is -1.94. The summed E-state index contributed by atoms with van der Waals surface area (Å²) in [5.41, 5.74) is 8.37. The maximum absolute atomic E-state index is 6.54. The summed E-state index contributed by atoms with van der Waals surface area (Å²) in [6, 6.07) is 0. The van der Waals surface area contributed by atoms with E-state index in [1.807, 2.05) is 26.0 Å². The summed E-state index contributed by atoms with van der Waals surface area (Å²) < 4.78 is 0. The van der Waals surface area contributed by atoms with E-state index >= 15 is 0 Å².